The minimum atomic E-state index is -0.169. The molecule has 3 rings (SSSR count). The van der Waals surface area contributed by atoms with Gasteiger partial charge in [-0.2, -0.15) is 0 Å². The van der Waals surface area contributed by atoms with E-state index in [1.54, 1.807) is 0 Å². The summed E-state index contributed by atoms with van der Waals surface area (Å²) in [6, 6.07) is 0.355. The number of rotatable bonds is 6. The SMILES string of the molecule is CCn1c(SC(C)C(=O)NC2CCCC2)nnc1N1CCOCC1. The lowest BCUT2D eigenvalue weighted by Crippen LogP contribution is -2.38. The average molecular weight is 353 g/mol. The van der Waals surface area contributed by atoms with Crippen LogP contribution in [0.4, 0.5) is 5.95 Å². The first kappa shape index (κ1) is 17.5. The van der Waals surface area contributed by atoms with E-state index in [0.717, 1.165) is 56.8 Å². The number of nitrogens with one attached hydrogen (secondary N) is 1. The maximum absolute atomic E-state index is 12.4. The maximum atomic E-state index is 12.4. The van der Waals surface area contributed by atoms with Gasteiger partial charge < -0.3 is 15.0 Å². The van der Waals surface area contributed by atoms with Gasteiger partial charge in [-0.05, 0) is 26.7 Å². The minimum absolute atomic E-state index is 0.102. The predicted molar refractivity (Wildman–Crippen MR) is 94.4 cm³/mol. The van der Waals surface area contributed by atoms with Crippen LogP contribution in [0.5, 0.6) is 0 Å². The zero-order chi connectivity index (χ0) is 16.9. The molecule has 1 saturated carbocycles. The Hall–Kier alpha value is -1.28. The van der Waals surface area contributed by atoms with Crippen molar-refractivity contribution in [1.82, 2.24) is 20.1 Å². The van der Waals surface area contributed by atoms with Crippen LogP contribution in [-0.2, 0) is 16.1 Å². The molecular formula is C16H27N5O2S. The number of thioether (sulfide) groups is 1. The Balaban J connectivity index is 1.63. The van der Waals surface area contributed by atoms with E-state index in [1.165, 1.54) is 24.6 Å². The molecule has 1 aliphatic heterocycles. The molecule has 1 unspecified atom stereocenters. The van der Waals surface area contributed by atoms with Crippen LogP contribution >= 0.6 is 11.8 Å². The van der Waals surface area contributed by atoms with Gasteiger partial charge in [-0.3, -0.25) is 9.36 Å². The Morgan fingerprint density at radius 3 is 2.71 bits per heavy atom. The summed E-state index contributed by atoms with van der Waals surface area (Å²) in [5, 5.41) is 12.5. The minimum Gasteiger partial charge on any atom is -0.378 e. The number of anilines is 1. The third-order valence-corrected chi connectivity index (χ3v) is 5.74. The van der Waals surface area contributed by atoms with Gasteiger partial charge in [-0.15, -0.1) is 10.2 Å². The number of amides is 1. The first-order valence-corrected chi connectivity index (χ1v) is 9.80. The van der Waals surface area contributed by atoms with Gasteiger partial charge in [-0.25, -0.2) is 0 Å². The molecule has 1 saturated heterocycles. The van der Waals surface area contributed by atoms with Crippen molar-refractivity contribution in [3.63, 3.8) is 0 Å². The summed E-state index contributed by atoms with van der Waals surface area (Å²) in [7, 11) is 0. The molecule has 134 valence electrons. The molecule has 1 aromatic heterocycles. The van der Waals surface area contributed by atoms with Crippen molar-refractivity contribution in [2.75, 3.05) is 31.2 Å². The lowest BCUT2D eigenvalue weighted by atomic mass is 10.2. The van der Waals surface area contributed by atoms with Crippen LogP contribution in [-0.4, -0.2) is 58.3 Å². The van der Waals surface area contributed by atoms with E-state index >= 15 is 0 Å². The van der Waals surface area contributed by atoms with Crippen LogP contribution in [0.25, 0.3) is 0 Å². The molecule has 1 aromatic rings. The monoisotopic (exact) mass is 353 g/mol. The zero-order valence-electron chi connectivity index (χ0n) is 14.5. The molecule has 8 heteroatoms. The largest absolute Gasteiger partial charge is 0.378 e. The number of carbonyl (C=O) groups excluding carboxylic acids is 1. The van der Waals surface area contributed by atoms with E-state index in [0.29, 0.717) is 6.04 Å². The highest BCUT2D eigenvalue weighted by molar-refractivity contribution is 8.00. The van der Waals surface area contributed by atoms with Gasteiger partial charge in [0, 0.05) is 25.7 Å². The second-order valence-corrected chi connectivity index (χ2v) is 7.68. The quantitative estimate of drug-likeness (QED) is 0.785. The molecule has 1 N–H and O–H groups in total. The molecule has 1 amide bonds. The Labute approximate surface area is 147 Å². The fourth-order valence-corrected chi connectivity index (χ4v) is 4.16. The summed E-state index contributed by atoms with van der Waals surface area (Å²) < 4.78 is 7.50. The number of ether oxygens (including phenoxy) is 1. The summed E-state index contributed by atoms with van der Waals surface area (Å²) in [6.45, 7) is 7.93. The van der Waals surface area contributed by atoms with Crippen molar-refractivity contribution in [2.24, 2.45) is 0 Å². The molecule has 1 atom stereocenters. The topological polar surface area (TPSA) is 72.3 Å². The summed E-state index contributed by atoms with van der Waals surface area (Å²) in [5.74, 6) is 0.983. The van der Waals surface area contributed by atoms with Gasteiger partial charge in [0.2, 0.25) is 11.9 Å². The van der Waals surface area contributed by atoms with Gasteiger partial charge in [-0.1, -0.05) is 24.6 Å². The van der Waals surface area contributed by atoms with Gasteiger partial charge in [0.05, 0.1) is 18.5 Å². The Kier molecular flexibility index (Phi) is 5.99. The fraction of sp³-hybridized carbons (Fsp3) is 0.812. The van der Waals surface area contributed by atoms with E-state index in [1.807, 2.05) is 6.92 Å². The highest BCUT2D eigenvalue weighted by Crippen LogP contribution is 2.26. The highest BCUT2D eigenvalue weighted by Gasteiger charge is 2.25. The van der Waals surface area contributed by atoms with E-state index in [9.17, 15) is 4.79 Å². The lowest BCUT2D eigenvalue weighted by molar-refractivity contribution is -0.120. The van der Waals surface area contributed by atoms with Crippen LogP contribution in [0.2, 0.25) is 0 Å². The number of hydrogen-bond donors (Lipinski definition) is 1. The first-order valence-electron chi connectivity index (χ1n) is 8.92. The second kappa shape index (κ2) is 8.20. The Morgan fingerprint density at radius 1 is 1.33 bits per heavy atom. The molecule has 7 nitrogen and oxygen atoms in total. The Bertz CT molecular complexity index is 553. The third-order valence-electron chi connectivity index (χ3n) is 4.66. The number of morpholine rings is 1. The average Bonchev–Trinajstić information content (AvgIpc) is 3.25. The van der Waals surface area contributed by atoms with Crippen LogP contribution < -0.4 is 10.2 Å². The Morgan fingerprint density at radius 2 is 2.04 bits per heavy atom. The molecule has 2 heterocycles. The summed E-state index contributed by atoms with van der Waals surface area (Å²) >= 11 is 1.49. The molecular weight excluding hydrogens is 326 g/mol. The van der Waals surface area contributed by atoms with Crippen molar-refractivity contribution < 1.29 is 9.53 Å². The fourth-order valence-electron chi connectivity index (χ4n) is 3.24. The number of hydrogen-bond acceptors (Lipinski definition) is 6. The molecule has 2 fully saturated rings. The van der Waals surface area contributed by atoms with E-state index in [4.69, 9.17) is 4.74 Å². The standard InChI is InChI=1S/C16H27N5O2S/c1-3-21-15(20-8-10-23-11-9-20)18-19-16(21)24-12(2)14(22)17-13-6-4-5-7-13/h12-13H,3-11H2,1-2H3,(H,17,22). The van der Waals surface area contributed by atoms with Crippen molar-refractivity contribution in [1.29, 1.82) is 0 Å². The number of aromatic nitrogens is 3. The molecule has 0 spiro atoms. The smallest absolute Gasteiger partial charge is 0.233 e. The number of carbonyl (C=O) groups is 1. The highest BCUT2D eigenvalue weighted by atomic mass is 32.2. The van der Waals surface area contributed by atoms with E-state index in [-0.39, 0.29) is 11.2 Å². The lowest BCUT2D eigenvalue weighted by Gasteiger charge is -2.27. The third kappa shape index (κ3) is 4.03. The van der Waals surface area contributed by atoms with Crippen LogP contribution in [0.3, 0.4) is 0 Å². The zero-order valence-corrected chi connectivity index (χ0v) is 15.3. The molecule has 1 aliphatic carbocycles. The summed E-state index contributed by atoms with van der Waals surface area (Å²) in [6.07, 6.45) is 4.66. The van der Waals surface area contributed by atoms with Crippen molar-refractivity contribution in [2.45, 2.75) is 62.5 Å². The van der Waals surface area contributed by atoms with Crippen LogP contribution in [0.15, 0.2) is 5.16 Å². The van der Waals surface area contributed by atoms with Gasteiger partial charge in [0.15, 0.2) is 5.16 Å². The van der Waals surface area contributed by atoms with Crippen molar-refractivity contribution in [3.05, 3.63) is 0 Å². The van der Waals surface area contributed by atoms with E-state index < -0.39 is 0 Å². The first-order chi connectivity index (χ1) is 11.7. The number of nitrogens with zero attached hydrogens (tertiary/aromatic N) is 4. The molecule has 24 heavy (non-hydrogen) atoms. The second-order valence-electron chi connectivity index (χ2n) is 6.38. The molecule has 2 aliphatic rings. The maximum Gasteiger partial charge on any atom is 0.233 e. The van der Waals surface area contributed by atoms with Gasteiger partial charge in [0.25, 0.3) is 0 Å². The van der Waals surface area contributed by atoms with Gasteiger partial charge >= 0.3 is 0 Å². The van der Waals surface area contributed by atoms with E-state index in [2.05, 4.69) is 31.9 Å². The van der Waals surface area contributed by atoms with Crippen LogP contribution in [0, 0.1) is 0 Å². The predicted octanol–water partition coefficient (Wildman–Crippen LogP) is 1.67. The van der Waals surface area contributed by atoms with Gasteiger partial charge in [0.1, 0.15) is 0 Å². The normalized spacial score (nSPS) is 20.3. The van der Waals surface area contributed by atoms with Crippen molar-refractivity contribution >= 4 is 23.6 Å². The van der Waals surface area contributed by atoms with Crippen LogP contribution in [0.1, 0.15) is 39.5 Å². The summed E-state index contributed by atoms with van der Waals surface area (Å²) in [4.78, 5) is 14.6. The van der Waals surface area contributed by atoms with Crippen molar-refractivity contribution in [3.8, 4) is 0 Å². The summed E-state index contributed by atoms with van der Waals surface area (Å²) in [5.41, 5.74) is 0. The molecule has 0 radical (unpaired) electrons. The molecule has 0 aromatic carbocycles. The molecule has 0 bridgehead atoms.